The van der Waals surface area contributed by atoms with Crippen LogP contribution in [0.5, 0.6) is 0 Å². The number of carbonyl (C=O) groups excluding carboxylic acids is 1. The number of amides is 1. The Hall–Kier alpha value is -2.18. The first kappa shape index (κ1) is 28.0. The summed E-state index contributed by atoms with van der Waals surface area (Å²) in [6, 6.07) is 6.94. The number of rotatable bonds is 5. The van der Waals surface area contributed by atoms with Crippen LogP contribution >= 0.6 is 0 Å². The molecule has 0 bridgehead atoms. The van der Waals surface area contributed by atoms with Crippen molar-refractivity contribution in [2.75, 3.05) is 5.32 Å². The van der Waals surface area contributed by atoms with Gasteiger partial charge in [0.2, 0.25) is 5.91 Å². The predicted molar refractivity (Wildman–Crippen MR) is 157 cm³/mol. The Kier molecular flexibility index (Phi) is 7.18. The lowest BCUT2D eigenvalue weighted by Crippen LogP contribution is -2.58. The topological polar surface area (TPSA) is 99.8 Å². The number of aryl methyl sites for hydroxylation is 1. The van der Waals surface area contributed by atoms with E-state index in [1.54, 1.807) is 6.07 Å². The molecule has 4 fully saturated rings. The van der Waals surface area contributed by atoms with Crippen molar-refractivity contribution in [3.8, 4) is 0 Å². The molecule has 1 aromatic heterocycles. The minimum absolute atomic E-state index is 0.0316. The molecule has 6 rings (SSSR count). The van der Waals surface area contributed by atoms with E-state index in [0.29, 0.717) is 53.2 Å². The van der Waals surface area contributed by atoms with Gasteiger partial charge in [-0.25, -0.2) is 4.79 Å². The lowest BCUT2D eigenvalue weighted by atomic mass is 9.43. The van der Waals surface area contributed by atoms with Crippen LogP contribution in [0.1, 0.15) is 90.5 Å². The Labute approximate surface area is 237 Å². The quantitative estimate of drug-likeness (QED) is 0.372. The van der Waals surface area contributed by atoms with Crippen molar-refractivity contribution in [1.29, 1.82) is 0 Å². The molecule has 10 unspecified atom stereocenters. The van der Waals surface area contributed by atoms with Gasteiger partial charge in [-0.15, -0.1) is 0 Å². The molecule has 0 saturated heterocycles. The van der Waals surface area contributed by atoms with Gasteiger partial charge in [0.15, 0.2) is 0 Å². The number of benzene rings is 1. The van der Waals surface area contributed by atoms with Crippen molar-refractivity contribution < 1.29 is 19.4 Å². The van der Waals surface area contributed by atoms with Gasteiger partial charge in [-0.3, -0.25) is 4.79 Å². The van der Waals surface area contributed by atoms with Crippen molar-refractivity contribution in [2.45, 2.75) is 104 Å². The van der Waals surface area contributed by atoms with E-state index in [0.717, 1.165) is 49.5 Å². The number of hydrogen-bond acceptors (Lipinski definition) is 5. The van der Waals surface area contributed by atoms with Crippen molar-refractivity contribution in [3.63, 3.8) is 0 Å². The summed E-state index contributed by atoms with van der Waals surface area (Å²) in [5, 5.41) is 26.0. The van der Waals surface area contributed by atoms with Gasteiger partial charge in [-0.2, -0.15) is 0 Å². The summed E-state index contributed by atoms with van der Waals surface area (Å²) in [6.07, 6.45) is 9.36. The summed E-state index contributed by atoms with van der Waals surface area (Å²) in [4.78, 5) is 24.7. The fourth-order valence-corrected chi connectivity index (χ4v) is 10.3. The molecule has 0 radical (unpaired) electrons. The number of nitrogens with one attached hydrogen (secondary N) is 1. The molecule has 1 heterocycles. The molecular weight excluding hydrogens is 502 g/mol. The fraction of sp³-hybridized carbons (Fsp3) is 0.706. The fourth-order valence-electron chi connectivity index (χ4n) is 10.3. The maximum atomic E-state index is 12.9. The van der Waals surface area contributed by atoms with Crippen LogP contribution < -0.4 is 10.9 Å². The zero-order valence-electron chi connectivity index (χ0n) is 24.6. The zero-order valence-corrected chi connectivity index (χ0v) is 24.6. The van der Waals surface area contributed by atoms with E-state index in [4.69, 9.17) is 4.42 Å². The number of carbonyl (C=O) groups is 1. The summed E-state index contributed by atoms with van der Waals surface area (Å²) in [6.45, 7) is 8.98. The van der Waals surface area contributed by atoms with E-state index in [1.807, 2.05) is 19.1 Å². The lowest BCUT2D eigenvalue weighted by molar-refractivity contribution is -0.174. The second-order valence-corrected chi connectivity index (χ2v) is 14.4. The van der Waals surface area contributed by atoms with Crippen molar-refractivity contribution >= 4 is 22.6 Å². The molecule has 4 aliphatic rings. The van der Waals surface area contributed by atoms with Crippen LogP contribution in [0.25, 0.3) is 11.0 Å². The molecule has 40 heavy (non-hydrogen) atoms. The molecule has 4 saturated carbocycles. The van der Waals surface area contributed by atoms with Crippen molar-refractivity contribution in [3.05, 3.63) is 40.2 Å². The third kappa shape index (κ3) is 4.54. The van der Waals surface area contributed by atoms with Crippen LogP contribution in [0, 0.1) is 53.3 Å². The first-order chi connectivity index (χ1) is 19.0. The maximum Gasteiger partial charge on any atom is 0.336 e. The molecular formula is C34H47NO5. The number of aliphatic hydroxyl groups is 2. The summed E-state index contributed by atoms with van der Waals surface area (Å²) < 4.78 is 5.34. The van der Waals surface area contributed by atoms with Crippen LogP contribution in [0.15, 0.2) is 33.5 Å². The molecule has 3 N–H and O–H groups in total. The van der Waals surface area contributed by atoms with Gasteiger partial charge >= 0.3 is 5.63 Å². The highest BCUT2D eigenvalue weighted by atomic mass is 16.4. The van der Waals surface area contributed by atoms with Gasteiger partial charge in [0.1, 0.15) is 5.58 Å². The van der Waals surface area contributed by atoms with Crippen molar-refractivity contribution in [2.24, 2.45) is 46.3 Å². The summed E-state index contributed by atoms with van der Waals surface area (Å²) in [5.41, 5.74) is 1.75. The van der Waals surface area contributed by atoms with Gasteiger partial charge in [0, 0.05) is 29.6 Å². The first-order valence-electron chi connectivity index (χ1n) is 15.7. The summed E-state index contributed by atoms with van der Waals surface area (Å²) in [7, 11) is 0. The minimum Gasteiger partial charge on any atom is -0.423 e. The molecule has 218 valence electrons. The Balaban J connectivity index is 1.11. The third-order valence-corrected chi connectivity index (χ3v) is 12.6. The highest BCUT2D eigenvalue weighted by Gasteiger charge is 2.63. The van der Waals surface area contributed by atoms with Crippen LogP contribution in [-0.4, -0.2) is 28.3 Å². The van der Waals surface area contributed by atoms with Gasteiger partial charge in [-0.05, 0) is 129 Å². The highest BCUT2D eigenvalue weighted by molar-refractivity contribution is 5.93. The SMILES string of the molecule is Cc1cc(=O)oc2cc(NC(=O)CCC(C)C3CCC4C5CCC6CC(O)CCC6(C)C5CC(O)C34C)ccc12. The summed E-state index contributed by atoms with van der Waals surface area (Å²) >= 11 is 0. The monoisotopic (exact) mass is 549 g/mol. The molecule has 0 spiro atoms. The van der Waals surface area contributed by atoms with Crippen LogP contribution in [0.2, 0.25) is 0 Å². The normalized spacial score (nSPS) is 39.7. The van der Waals surface area contributed by atoms with Crippen LogP contribution in [-0.2, 0) is 4.79 Å². The van der Waals surface area contributed by atoms with Gasteiger partial charge in [0.25, 0.3) is 0 Å². The molecule has 1 aromatic carbocycles. The number of fused-ring (bicyclic) bond motifs is 6. The maximum absolute atomic E-state index is 12.9. The molecule has 2 aromatic rings. The predicted octanol–water partition coefficient (Wildman–Crippen LogP) is 6.45. The van der Waals surface area contributed by atoms with Gasteiger partial charge in [-0.1, -0.05) is 20.8 Å². The number of hydrogen-bond donors (Lipinski definition) is 3. The Bertz CT molecular complexity index is 1340. The van der Waals surface area contributed by atoms with E-state index in [9.17, 15) is 19.8 Å². The number of anilines is 1. The van der Waals surface area contributed by atoms with E-state index in [2.05, 4.69) is 26.1 Å². The second kappa shape index (κ2) is 10.3. The van der Waals surface area contributed by atoms with E-state index in [1.165, 1.54) is 25.3 Å². The van der Waals surface area contributed by atoms with Gasteiger partial charge < -0.3 is 19.9 Å². The molecule has 6 heteroatoms. The molecule has 4 aliphatic carbocycles. The average molecular weight is 550 g/mol. The van der Waals surface area contributed by atoms with E-state index >= 15 is 0 Å². The zero-order chi connectivity index (χ0) is 28.4. The highest BCUT2D eigenvalue weighted by Crippen LogP contribution is 2.68. The van der Waals surface area contributed by atoms with E-state index in [-0.39, 0.29) is 34.6 Å². The average Bonchev–Trinajstić information content (AvgIpc) is 3.27. The second-order valence-electron chi connectivity index (χ2n) is 14.4. The van der Waals surface area contributed by atoms with E-state index < -0.39 is 0 Å². The molecule has 6 nitrogen and oxygen atoms in total. The van der Waals surface area contributed by atoms with Crippen LogP contribution in [0.3, 0.4) is 0 Å². The largest absolute Gasteiger partial charge is 0.423 e. The molecule has 10 atom stereocenters. The van der Waals surface area contributed by atoms with Crippen molar-refractivity contribution in [1.82, 2.24) is 0 Å². The lowest BCUT2D eigenvalue weighted by Gasteiger charge is -2.62. The first-order valence-corrected chi connectivity index (χ1v) is 15.7. The standard InChI is InChI=1S/C34H47NO5/c1-19(5-12-31(38)35-22-7-9-24-20(2)15-32(39)40-29(24)17-22)26-10-11-27-25-8-6-21-16-23(36)13-14-33(21,3)28(25)18-30(37)34(26,27)4/h7,9,15,17,19,21,23,25-28,30,36-37H,5-6,8,10-14,16,18H2,1-4H3,(H,35,38). The molecule has 1 amide bonds. The van der Waals surface area contributed by atoms with Gasteiger partial charge in [0.05, 0.1) is 12.2 Å². The summed E-state index contributed by atoms with van der Waals surface area (Å²) in [5.74, 6) is 3.09. The third-order valence-electron chi connectivity index (χ3n) is 12.6. The number of aliphatic hydroxyl groups excluding tert-OH is 2. The smallest absolute Gasteiger partial charge is 0.336 e. The Morgan fingerprint density at radius 3 is 2.67 bits per heavy atom. The molecule has 0 aliphatic heterocycles. The Morgan fingerprint density at radius 2 is 1.88 bits per heavy atom. The minimum atomic E-state index is -0.387. The van der Waals surface area contributed by atoms with Crippen LogP contribution in [0.4, 0.5) is 5.69 Å². The Morgan fingerprint density at radius 1 is 1.07 bits per heavy atom.